The van der Waals surface area contributed by atoms with Gasteiger partial charge in [0.15, 0.2) is 0 Å². The van der Waals surface area contributed by atoms with E-state index in [9.17, 15) is 13.6 Å². The van der Waals surface area contributed by atoms with Gasteiger partial charge in [0.25, 0.3) is 0 Å². The summed E-state index contributed by atoms with van der Waals surface area (Å²) in [6.07, 6.45) is 3.57. The largest absolute Gasteiger partial charge is 0.375 e. The molecular formula is C19H18F2N6O2S. The monoisotopic (exact) mass is 432 g/mol. The van der Waals surface area contributed by atoms with Crippen LogP contribution in [0.2, 0.25) is 0 Å². The maximum atomic E-state index is 13.6. The molecule has 0 radical (unpaired) electrons. The van der Waals surface area contributed by atoms with Gasteiger partial charge in [-0.1, -0.05) is 0 Å². The first-order chi connectivity index (χ1) is 14.3. The van der Waals surface area contributed by atoms with Crippen molar-refractivity contribution in [1.82, 2.24) is 19.9 Å². The molecule has 1 aliphatic rings. The second-order valence-corrected chi connectivity index (χ2v) is 7.85. The first kappa shape index (κ1) is 20.2. The normalized spacial score (nSPS) is 13.6. The number of halogens is 2. The summed E-state index contributed by atoms with van der Waals surface area (Å²) in [7, 11) is 0. The molecule has 0 fully saturated rings. The number of carbonyl (C=O) groups excluding carboxylic acids is 1. The predicted molar refractivity (Wildman–Crippen MR) is 108 cm³/mol. The highest BCUT2D eigenvalue weighted by atomic mass is 32.1. The molecule has 1 amide bonds. The number of thiazole rings is 1. The molecule has 11 heteroatoms. The molecule has 0 unspecified atom stereocenters. The van der Waals surface area contributed by atoms with Crippen LogP contribution < -0.4 is 10.6 Å². The predicted octanol–water partition coefficient (Wildman–Crippen LogP) is 3.88. The van der Waals surface area contributed by atoms with Crippen LogP contribution in [0.4, 0.5) is 26.1 Å². The Bertz CT molecular complexity index is 1080. The van der Waals surface area contributed by atoms with Crippen LogP contribution >= 0.6 is 11.3 Å². The fourth-order valence-corrected chi connectivity index (χ4v) is 3.97. The molecule has 0 bridgehead atoms. The third-order valence-electron chi connectivity index (χ3n) is 4.24. The number of amides is 1. The molecule has 4 rings (SSSR count). The van der Waals surface area contributed by atoms with E-state index in [2.05, 4.69) is 30.6 Å². The number of aromatic nitrogens is 4. The first-order valence-corrected chi connectivity index (χ1v) is 9.94. The minimum Gasteiger partial charge on any atom is -0.375 e. The molecule has 3 aromatic rings. The summed E-state index contributed by atoms with van der Waals surface area (Å²) in [5.41, 5.74) is 2.16. The Balaban J connectivity index is 1.74. The van der Waals surface area contributed by atoms with Gasteiger partial charge in [-0.05, 0) is 6.07 Å². The van der Waals surface area contributed by atoms with Gasteiger partial charge in [-0.2, -0.15) is 8.78 Å². The lowest BCUT2D eigenvalue weighted by molar-refractivity contribution is -0.114. The Hall–Kier alpha value is -3.05. The molecule has 0 atom stereocenters. The van der Waals surface area contributed by atoms with Gasteiger partial charge in [0.05, 0.1) is 35.0 Å². The van der Waals surface area contributed by atoms with Crippen LogP contribution in [0.3, 0.4) is 0 Å². The highest BCUT2D eigenvalue weighted by Gasteiger charge is 2.28. The molecular weight excluding hydrogens is 414 g/mol. The topological polar surface area (TPSA) is 102 Å². The smallest absolute Gasteiger partial charge is 0.303 e. The maximum Gasteiger partial charge on any atom is 0.303 e. The third-order valence-corrected chi connectivity index (χ3v) is 5.35. The number of nitrogens with one attached hydrogen (secondary N) is 2. The number of fused-ring (bicyclic) bond motifs is 1. The van der Waals surface area contributed by atoms with Gasteiger partial charge >= 0.3 is 5.92 Å². The number of carbonyl (C=O) groups is 1. The van der Waals surface area contributed by atoms with E-state index in [1.165, 1.54) is 30.5 Å². The number of anilines is 3. The number of ether oxygens (including phenoxy) is 1. The fraction of sp³-hybridized carbons (Fsp3) is 0.316. The van der Waals surface area contributed by atoms with Crippen molar-refractivity contribution < 1.29 is 18.3 Å². The van der Waals surface area contributed by atoms with Gasteiger partial charge in [-0.25, -0.2) is 19.9 Å². The van der Waals surface area contributed by atoms with E-state index >= 15 is 0 Å². The molecule has 0 saturated heterocycles. The zero-order valence-electron chi connectivity index (χ0n) is 16.2. The van der Waals surface area contributed by atoms with Crippen LogP contribution in [-0.2, 0) is 28.5 Å². The lowest BCUT2D eigenvalue weighted by Crippen LogP contribution is -2.13. The van der Waals surface area contributed by atoms with Crippen molar-refractivity contribution in [2.45, 2.75) is 32.8 Å². The van der Waals surface area contributed by atoms with Crippen molar-refractivity contribution >= 4 is 34.6 Å². The Labute approximate surface area is 174 Å². The minimum absolute atomic E-state index is 0.187. The molecule has 4 heterocycles. The number of nitrogens with zero attached hydrogens (tertiary/aromatic N) is 4. The van der Waals surface area contributed by atoms with E-state index in [1.807, 2.05) is 0 Å². The summed E-state index contributed by atoms with van der Waals surface area (Å²) in [5, 5.41) is 6.36. The Morgan fingerprint density at radius 3 is 2.83 bits per heavy atom. The Morgan fingerprint density at radius 2 is 2.10 bits per heavy atom. The second-order valence-electron chi connectivity index (χ2n) is 6.77. The zero-order valence-corrected chi connectivity index (χ0v) is 17.0. The summed E-state index contributed by atoms with van der Waals surface area (Å²) in [4.78, 5) is 29.0. The van der Waals surface area contributed by atoms with Crippen LogP contribution in [0.25, 0.3) is 10.6 Å². The first-order valence-electron chi connectivity index (χ1n) is 9.12. The molecule has 0 spiro atoms. The molecule has 3 aromatic heterocycles. The summed E-state index contributed by atoms with van der Waals surface area (Å²) in [6, 6.07) is 3.09. The number of alkyl halides is 2. The summed E-state index contributed by atoms with van der Waals surface area (Å²) in [5.74, 6) is -3.54. The highest BCUT2D eigenvalue weighted by molar-refractivity contribution is 7.15. The van der Waals surface area contributed by atoms with Crippen molar-refractivity contribution in [2.75, 3.05) is 17.2 Å². The van der Waals surface area contributed by atoms with Crippen molar-refractivity contribution in [1.29, 1.82) is 0 Å². The zero-order chi connectivity index (χ0) is 21.3. The number of hydrogen-bond acceptors (Lipinski definition) is 8. The highest BCUT2D eigenvalue weighted by Crippen LogP contribution is 2.36. The fourth-order valence-electron chi connectivity index (χ4n) is 2.90. The Morgan fingerprint density at radius 1 is 1.27 bits per heavy atom. The van der Waals surface area contributed by atoms with Crippen LogP contribution in [0.5, 0.6) is 0 Å². The van der Waals surface area contributed by atoms with Crippen LogP contribution in [0, 0.1) is 0 Å². The second kappa shape index (κ2) is 8.00. The lowest BCUT2D eigenvalue weighted by atomic mass is 10.2. The van der Waals surface area contributed by atoms with Gasteiger partial charge < -0.3 is 15.4 Å². The Kier molecular flexibility index (Phi) is 5.39. The van der Waals surface area contributed by atoms with Gasteiger partial charge in [0.1, 0.15) is 16.6 Å². The van der Waals surface area contributed by atoms with E-state index in [0.29, 0.717) is 35.3 Å². The number of rotatable bonds is 5. The van der Waals surface area contributed by atoms with Gasteiger partial charge in [-0.3, -0.25) is 4.79 Å². The van der Waals surface area contributed by atoms with Crippen molar-refractivity contribution in [3.8, 4) is 10.6 Å². The SMILES string of the molecule is CC(=O)Nc1cc(Nc2ccnc(C(C)(F)F)n2)c(-c2nc3c(s2)COCC3)cn1. The molecule has 30 heavy (non-hydrogen) atoms. The van der Waals surface area contributed by atoms with Gasteiger partial charge in [0, 0.05) is 38.7 Å². The van der Waals surface area contributed by atoms with Gasteiger partial charge in [-0.15, -0.1) is 11.3 Å². The molecule has 0 saturated carbocycles. The van der Waals surface area contributed by atoms with Crippen LogP contribution in [0.15, 0.2) is 24.5 Å². The maximum absolute atomic E-state index is 13.6. The lowest BCUT2D eigenvalue weighted by Gasteiger charge is -2.14. The molecule has 2 N–H and O–H groups in total. The van der Waals surface area contributed by atoms with Crippen molar-refractivity contribution in [3.05, 3.63) is 40.9 Å². The third kappa shape index (κ3) is 4.41. The number of pyridine rings is 1. The van der Waals surface area contributed by atoms with Crippen molar-refractivity contribution in [2.24, 2.45) is 0 Å². The quantitative estimate of drug-likeness (QED) is 0.631. The standard InChI is InChI=1S/C19H18F2N6O2S/c1-10(28)24-16-7-13(25-15-3-5-22-18(27-15)19(2,20)21)11(8-23-16)17-26-12-4-6-29-9-14(12)30-17/h3,5,7-8H,4,6,9H2,1-2H3,(H2,22,23,24,25,27,28). The van der Waals surface area contributed by atoms with E-state index < -0.39 is 11.7 Å². The average Bonchev–Trinajstić information content (AvgIpc) is 3.11. The molecule has 8 nitrogen and oxygen atoms in total. The van der Waals surface area contributed by atoms with E-state index in [1.54, 1.807) is 12.3 Å². The summed E-state index contributed by atoms with van der Waals surface area (Å²) in [6.45, 7) is 3.24. The summed E-state index contributed by atoms with van der Waals surface area (Å²) >= 11 is 1.48. The molecule has 1 aliphatic heterocycles. The van der Waals surface area contributed by atoms with E-state index in [0.717, 1.165) is 23.9 Å². The minimum atomic E-state index is -3.17. The summed E-state index contributed by atoms with van der Waals surface area (Å²) < 4.78 is 32.7. The average molecular weight is 432 g/mol. The van der Waals surface area contributed by atoms with E-state index in [-0.39, 0.29) is 11.7 Å². The van der Waals surface area contributed by atoms with Crippen LogP contribution in [-0.4, -0.2) is 32.4 Å². The molecule has 156 valence electrons. The van der Waals surface area contributed by atoms with Crippen molar-refractivity contribution in [3.63, 3.8) is 0 Å². The molecule has 0 aromatic carbocycles. The number of hydrogen-bond donors (Lipinski definition) is 2. The van der Waals surface area contributed by atoms with E-state index in [4.69, 9.17) is 4.74 Å². The molecule has 0 aliphatic carbocycles. The van der Waals surface area contributed by atoms with Crippen LogP contribution in [0.1, 0.15) is 30.2 Å². The van der Waals surface area contributed by atoms with Gasteiger partial charge in [0.2, 0.25) is 11.7 Å².